The minimum absolute atomic E-state index is 0.240. The van der Waals surface area contributed by atoms with Gasteiger partial charge in [-0.3, -0.25) is 10.1 Å². The van der Waals surface area contributed by atoms with Gasteiger partial charge in [0.15, 0.2) is 0 Å². The Morgan fingerprint density at radius 1 is 1.60 bits per heavy atom. The Morgan fingerprint density at radius 2 is 2.33 bits per heavy atom. The van der Waals surface area contributed by atoms with E-state index in [1.165, 1.54) is 0 Å². The van der Waals surface area contributed by atoms with E-state index in [0.29, 0.717) is 5.82 Å². The maximum Gasteiger partial charge on any atom is 0.321 e. The molecule has 6 nitrogen and oxygen atoms in total. The van der Waals surface area contributed by atoms with Gasteiger partial charge in [-0.1, -0.05) is 0 Å². The molecule has 0 bridgehead atoms. The summed E-state index contributed by atoms with van der Waals surface area (Å²) in [5, 5.41) is 4.53. The molecule has 7 heteroatoms. The number of nitrogens with one attached hydrogen (secondary N) is 2. The fourth-order valence-electron chi connectivity index (χ4n) is 0.930. The van der Waals surface area contributed by atoms with Crippen molar-refractivity contribution in [3.8, 4) is 0 Å². The molecular formula is C8H11ClN4O2. The van der Waals surface area contributed by atoms with Crippen LogP contribution in [0.25, 0.3) is 0 Å². The first-order valence-corrected chi connectivity index (χ1v) is 4.76. The van der Waals surface area contributed by atoms with Gasteiger partial charge in [0.25, 0.3) is 0 Å². The minimum atomic E-state index is -0.580. The summed E-state index contributed by atoms with van der Waals surface area (Å²) < 4.78 is 1.77. The topological polar surface area (TPSA) is 76.0 Å². The normalized spacial score (nSPS) is 9.73. The van der Waals surface area contributed by atoms with Gasteiger partial charge >= 0.3 is 6.03 Å². The molecule has 2 N–H and O–H groups in total. The summed E-state index contributed by atoms with van der Waals surface area (Å²) in [6.07, 6.45) is 3.39. The van der Waals surface area contributed by atoms with E-state index in [0.717, 1.165) is 0 Å². The van der Waals surface area contributed by atoms with Gasteiger partial charge in [-0.2, -0.15) is 0 Å². The van der Waals surface area contributed by atoms with Crippen LogP contribution in [0, 0.1) is 0 Å². The van der Waals surface area contributed by atoms with Gasteiger partial charge in [-0.15, -0.1) is 11.6 Å². The molecule has 3 amide bonds. The van der Waals surface area contributed by atoms with E-state index < -0.39 is 11.9 Å². The molecule has 0 saturated heterocycles. The zero-order chi connectivity index (χ0) is 11.3. The van der Waals surface area contributed by atoms with Gasteiger partial charge in [-0.05, 0) is 0 Å². The van der Waals surface area contributed by atoms with E-state index in [1.807, 2.05) is 7.05 Å². The quantitative estimate of drug-likeness (QED) is 0.717. The summed E-state index contributed by atoms with van der Waals surface area (Å²) in [6, 6.07) is -0.580. The second-order valence-corrected chi connectivity index (χ2v) is 3.09. The van der Waals surface area contributed by atoms with Crippen molar-refractivity contribution in [2.45, 2.75) is 6.54 Å². The molecule has 0 unspecified atom stereocenters. The summed E-state index contributed by atoms with van der Waals surface area (Å²) >= 11 is 5.21. The van der Waals surface area contributed by atoms with Crippen molar-refractivity contribution in [3.05, 3.63) is 18.2 Å². The van der Waals surface area contributed by atoms with Gasteiger partial charge in [0.05, 0.1) is 6.54 Å². The third-order valence-corrected chi connectivity index (χ3v) is 1.95. The lowest BCUT2D eigenvalue weighted by Gasteiger charge is -2.05. The zero-order valence-electron chi connectivity index (χ0n) is 8.16. The van der Waals surface area contributed by atoms with Crippen molar-refractivity contribution >= 4 is 23.5 Å². The summed E-state index contributed by atoms with van der Waals surface area (Å²) in [7, 11) is 1.81. The number of urea groups is 1. The van der Waals surface area contributed by atoms with Gasteiger partial charge in [0, 0.05) is 19.4 Å². The largest absolute Gasteiger partial charge is 0.337 e. The molecule has 0 aliphatic heterocycles. The predicted octanol–water partition coefficient (Wildman–Crippen LogP) is -0.0153. The lowest BCUT2D eigenvalue weighted by molar-refractivity contribution is -0.117. The Labute approximate surface area is 91.6 Å². The van der Waals surface area contributed by atoms with Crippen molar-refractivity contribution in [2.75, 3.05) is 5.88 Å². The number of alkyl halides is 1. The van der Waals surface area contributed by atoms with Crippen molar-refractivity contribution in [3.63, 3.8) is 0 Å². The van der Waals surface area contributed by atoms with E-state index in [2.05, 4.69) is 15.6 Å². The van der Waals surface area contributed by atoms with Gasteiger partial charge in [-0.25, -0.2) is 9.78 Å². The molecule has 0 aliphatic carbocycles. The van der Waals surface area contributed by atoms with E-state index >= 15 is 0 Å². The van der Waals surface area contributed by atoms with Gasteiger partial charge in [0.2, 0.25) is 5.91 Å². The van der Waals surface area contributed by atoms with Crippen LogP contribution in [0.2, 0.25) is 0 Å². The molecule has 1 aromatic heterocycles. The van der Waals surface area contributed by atoms with Crippen molar-refractivity contribution < 1.29 is 9.59 Å². The average molecular weight is 231 g/mol. The van der Waals surface area contributed by atoms with Crippen LogP contribution in [-0.2, 0) is 18.4 Å². The Balaban J connectivity index is 2.35. The number of hydrogen-bond acceptors (Lipinski definition) is 3. The fourth-order valence-corrected chi connectivity index (χ4v) is 0.997. The minimum Gasteiger partial charge on any atom is -0.337 e. The number of aromatic nitrogens is 2. The van der Waals surface area contributed by atoms with Crippen LogP contribution in [0.5, 0.6) is 0 Å². The molecule has 15 heavy (non-hydrogen) atoms. The molecule has 0 fully saturated rings. The van der Waals surface area contributed by atoms with Crippen LogP contribution in [0.4, 0.5) is 4.79 Å². The number of imide groups is 1. The maximum absolute atomic E-state index is 11.1. The summed E-state index contributed by atoms with van der Waals surface area (Å²) in [5.41, 5.74) is 0. The number of nitrogens with zero attached hydrogens (tertiary/aromatic N) is 2. The third kappa shape index (κ3) is 3.59. The fraction of sp³-hybridized carbons (Fsp3) is 0.375. The van der Waals surface area contributed by atoms with Crippen LogP contribution in [0.15, 0.2) is 12.4 Å². The lowest BCUT2D eigenvalue weighted by atomic mass is 10.6. The van der Waals surface area contributed by atoms with Crippen molar-refractivity contribution in [2.24, 2.45) is 7.05 Å². The monoisotopic (exact) mass is 230 g/mol. The van der Waals surface area contributed by atoms with Crippen LogP contribution < -0.4 is 10.6 Å². The van der Waals surface area contributed by atoms with Crippen molar-refractivity contribution in [1.82, 2.24) is 20.2 Å². The number of rotatable bonds is 3. The Kier molecular flexibility index (Phi) is 4.11. The maximum atomic E-state index is 11.1. The highest BCUT2D eigenvalue weighted by atomic mass is 35.5. The number of carbonyl (C=O) groups excluding carboxylic acids is 2. The Bertz CT molecular complexity index is 363. The smallest absolute Gasteiger partial charge is 0.321 e. The number of halogens is 1. The number of amides is 3. The SMILES string of the molecule is Cn1ccnc1CNC(=O)NC(=O)CCl. The first-order chi connectivity index (χ1) is 7.13. The number of carbonyl (C=O) groups is 2. The molecule has 0 saturated carbocycles. The molecule has 82 valence electrons. The molecule has 0 atom stereocenters. The van der Waals surface area contributed by atoms with Crippen LogP contribution in [0.3, 0.4) is 0 Å². The van der Waals surface area contributed by atoms with Crippen LogP contribution in [-0.4, -0.2) is 27.4 Å². The standard InChI is InChI=1S/C8H11ClN4O2/c1-13-3-2-10-6(13)5-11-8(15)12-7(14)4-9/h2-3H,4-5H2,1H3,(H2,11,12,14,15). The molecule has 1 rings (SSSR count). The van der Waals surface area contributed by atoms with Crippen LogP contribution >= 0.6 is 11.6 Å². The molecule has 1 aromatic rings. The second kappa shape index (κ2) is 5.35. The van der Waals surface area contributed by atoms with E-state index in [9.17, 15) is 9.59 Å². The molecule has 0 spiro atoms. The summed E-state index contributed by atoms with van der Waals surface area (Å²) in [6.45, 7) is 0.255. The number of imidazole rings is 1. The predicted molar refractivity (Wildman–Crippen MR) is 54.3 cm³/mol. The third-order valence-electron chi connectivity index (χ3n) is 1.70. The molecule has 1 heterocycles. The van der Waals surface area contributed by atoms with E-state index in [4.69, 9.17) is 11.6 Å². The zero-order valence-corrected chi connectivity index (χ0v) is 8.91. The molecular weight excluding hydrogens is 220 g/mol. The summed E-state index contributed by atoms with van der Waals surface area (Å²) in [5.74, 6) is -0.0759. The van der Waals surface area contributed by atoms with E-state index in [1.54, 1.807) is 17.0 Å². The Hall–Kier alpha value is -1.56. The number of hydrogen-bond donors (Lipinski definition) is 2. The molecule has 0 aromatic carbocycles. The van der Waals surface area contributed by atoms with Crippen LogP contribution in [0.1, 0.15) is 5.82 Å². The second-order valence-electron chi connectivity index (χ2n) is 2.82. The summed E-state index contributed by atoms with van der Waals surface area (Å²) in [4.78, 5) is 25.8. The first kappa shape index (κ1) is 11.5. The lowest BCUT2D eigenvalue weighted by Crippen LogP contribution is -2.40. The van der Waals surface area contributed by atoms with Gasteiger partial charge in [0.1, 0.15) is 11.7 Å². The van der Waals surface area contributed by atoms with Crippen molar-refractivity contribution in [1.29, 1.82) is 0 Å². The highest BCUT2D eigenvalue weighted by Crippen LogP contribution is 1.92. The average Bonchev–Trinajstić information content (AvgIpc) is 2.61. The number of aryl methyl sites for hydroxylation is 1. The highest BCUT2D eigenvalue weighted by molar-refractivity contribution is 6.28. The van der Waals surface area contributed by atoms with Gasteiger partial charge < -0.3 is 9.88 Å². The highest BCUT2D eigenvalue weighted by Gasteiger charge is 2.06. The Morgan fingerprint density at radius 3 is 2.87 bits per heavy atom. The molecule has 0 radical (unpaired) electrons. The first-order valence-electron chi connectivity index (χ1n) is 4.23. The van der Waals surface area contributed by atoms with E-state index in [-0.39, 0.29) is 12.4 Å². The molecule has 0 aliphatic rings.